The van der Waals surface area contributed by atoms with Crippen molar-refractivity contribution in [2.75, 3.05) is 0 Å². The zero-order valence-electron chi connectivity index (χ0n) is 10.2. The van der Waals surface area contributed by atoms with E-state index in [1.165, 1.54) is 12.8 Å². The minimum absolute atomic E-state index is 0.565. The average molecular weight is 291 g/mol. The van der Waals surface area contributed by atoms with Crippen LogP contribution in [0.5, 0.6) is 0 Å². The van der Waals surface area contributed by atoms with Crippen molar-refractivity contribution in [1.29, 1.82) is 0 Å². The molecular formula is C16H12Cl2O. The summed E-state index contributed by atoms with van der Waals surface area (Å²) in [4.78, 5) is 11.2. The highest BCUT2D eigenvalue weighted by molar-refractivity contribution is 6.36. The summed E-state index contributed by atoms with van der Waals surface area (Å²) in [6.07, 6.45) is 3.30. The van der Waals surface area contributed by atoms with Crippen molar-refractivity contribution in [1.82, 2.24) is 0 Å². The molecule has 0 radical (unpaired) electrons. The van der Waals surface area contributed by atoms with Crippen molar-refractivity contribution in [2.45, 2.75) is 18.8 Å². The van der Waals surface area contributed by atoms with Gasteiger partial charge in [0.25, 0.3) is 0 Å². The molecule has 19 heavy (non-hydrogen) atoms. The molecule has 1 nitrogen and oxygen atoms in total. The van der Waals surface area contributed by atoms with Gasteiger partial charge in [-0.05, 0) is 48.1 Å². The van der Waals surface area contributed by atoms with E-state index in [0.717, 1.165) is 28.5 Å². The fourth-order valence-electron chi connectivity index (χ4n) is 2.33. The molecule has 1 saturated carbocycles. The Bertz CT molecular complexity index is 645. The smallest absolute Gasteiger partial charge is 0.150 e. The summed E-state index contributed by atoms with van der Waals surface area (Å²) in [7, 11) is 0. The molecule has 0 heterocycles. The van der Waals surface area contributed by atoms with Crippen LogP contribution in [0.1, 0.15) is 34.7 Å². The standard InChI is InChI=1S/C16H12Cl2O/c17-13-4-6-15(16(18)8-13)11-3-5-14(10-1-2-10)12(7-11)9-19/h3-10H,1-2H2. The summed E-state index contributed by atoms with van der Waals surface area (Å²) >= 11 is 12.1. The van der Waals surface area contributed by atoms with Gasteiger partial charge in [-0.3, -0.25) is 4.79 Å². The molecule has 1 aliphatic carbocycles. The molecule has 0 atom stereocenters. The van der Waals surface area contributed by atoms with E-state index in [4.69, 9.17) is 23.2 Å². The van der Waals surface area contributed by atoms with E-state index in [-0.39, 0.29) is 0 Å². The largest absolute Gasteiger partial charge is 0.298 e. The van der Waals surface area contributed by atoms with Crippen LogP contribution >= 0.6 is 23.2 Å². The molecule has 0 spiro atoms. The van der Waals surface area contributed by atoms with Gasteiger partial charge >= 0.3 is 0 Å². The highest BCUT2D eigenvalue weighted by Crippen LogP contribution is 2.42. The van der Waals surface area contributed by atoms with Gasteiger partial charge in [0, 0.05) is 21.2 Å². The van der Waals surface area contributed by atoms with Crippen LogP contribution in [0.15, 0.2) is 36.4 Å². The van der Waals surface area contributed by atoms with E-state index in [1.54, 1.807) is 12.1 Å². The molecule has 96 valence electrons. The maximum atomic E-state index is 11.2. The lowest BCUT2D eigenvalue weighted by molar-refractivity contribution is 0.112. The maximum Gasteiger partial charge on any atom is 0.150 e. The van der Waals surface area contributed by atoms with Crippen LogP contribution in [0.3, 0.4) is 0 Å². The Morgan fingerprint density at radius 3 is 2.47 bits per heavy atom. The number of benzene rings is 2. The van der Waals surface area contributed by atoms with E-state index in [0.29, 0.717) is 16.0 Å². The van der Waals surface area contributed by atoms with Gasteiger partial charge in [-0.1, -0.05) is 41.4 Å². The molecule has 0 bridgehead atoms. The molecule has 0 aliphatic heterocycles. The number of carbonyl (C=O) groups is 1. The number of hydrogen-bond acceptors (Lipinski definition) is 1. The summed E-state index contributed by atoms with van der Waals surface area (Å²) in [5, 5.41) is 1.21. The quantitative estimate of drug-likeness (QED) is 0.697. The van der Waals surface area contributed by atoms with E-state index in [2.05, 4.69) is 0 Å². The van der Waals surface area contributed by atoms with Gasteiger partial charge in [-0.2, -0.15) is 0 Å². The molecule has 0 saturated heterocycles. The highest BCUT2D eigenvalue weighted by Gasteiger charge is 2.26. The van der Waals surface area contributed by atoms with Crippen molar-refractivity contribution in [3.05, 3.63) is 57.6 Å². The predicted octanol–water partition coefficient (Wildman–Crippen LogP) is 5.35. The van der Waals surface area contributed by atoms with E-state index >= 15 is 0 Å². The van der Waals surface area contributed by atoms with Gasteiger partial charge in [0.1, 0.15) is 6.29 Å². The lowest BCUT2D eigenvalue weighted by atomic mass is 9.97. The molecule has 0 unspecified atom stereocenters. The van der Waals surface area contributed by atoms with Crippen LogP contribution in [-0.2, 0) is 0 Å². The maximum absolute atomic E-state index is 11.2. The molecule has 2 aromatic rings. The first-order valence-electron chi connectivity index (χ1n) is 6.23. The van der Waals surface area contributed by atoms with Crippen molar-refractivity contribution in [2.24, 2.45) is 0 Å². The van der Waals surface area contributed by atoms with Crippen LogP contribution < -0.4 is 0 Å². The van der Waals surface area contributed by atoms with Crippen LogP contribution in [0.2, 0.25) is 10.0 Å². The normalized spacial score (nSPS) is 14.4. The van der Waals surface area contributed by atoms with Crippen molar-refractivity contribution in [3.8, 4) is 11.1 Å². The Kier molecular flexibility index (Phi) is 3.34. The third-order valence-corrected chi connectivity index (χ3v) is 4.02. The number of hydrogen-bond donors (Lipinski definition) is 0. The number of halogens is 2. The summed E-state index contributed by atoms with van der Waals surface area (Å²) in [5.41, 5.74) is 3.78. The van der Waals surface area contributed by atoms with Crippen LogP contribution in [-0.4, -0.2) is 6.29 Å². The Morgan fingerprint density at radius 2 is 1.84 bits per heavy atom. The first kappa shape index (κ1) is 12.7. The van der Waals surface area contributed by atoms with Gasteiger partial charge in [-0.15, -0.1) is 0 Å². The topological polar surface area (TPSA) is 17.1 Å². The summed E-state index contributed by atoms with van der Waals surface area (Å²) < 4.78 is 0. The Labute approximate surface area is 122 Å². The zero-order chi connectivity index (χ0) is 13.4. The average Bonchev–Trinajstić information content (AvgIpc) is 3.22. The van der Waals surface area contributed by atoms with Crippen LogP contribution in [0.4, 0.5) is 0 Å². The molecule has 2 aromatic carbocycles. The van der Waals surface area contributed by atoms with Crippen molar-refractivity contribution < 1.29 is 4.79 Å². The van der Waals surface area contributed by atoms with E-state index < -0.39 is 0 Å². The fraction of sp³-hybridized carbons (Fsp3) is 0.188. The third kappa shape index (κ3) is 2.54. The van der Waals surface area contributed by atoms with Gasteiger partial charge in [-0.25, -0.2) is 0 Å². The third-order valence-electron chi connectivity index (χ3n) is 3.47. The van der Waals surface area contributed by atoms with E-state index in [9.17, 15) is 4.79 Å². The van der Waals surface area contributed by atoms with Crippen molar-refractivity contribution >= 4 is 29.5 Å². The second kappa shape index (κ2) is 4.99. The SMILES string of the molecule is O=Cc1cc(-c2ccc(Cl)cc2Cl)ccc1C1CC1. The summed E-state index contributed by atoms with van der Waals surface area (Å²) in [5.74, 6) is 0.565. The molecule has 1 fully saturated rings. The molecule has 0 N–H and O–H groups in total. The first-order valence-corrected chi connectivity index (χ1v) is 6.99. The second-order valence-corrected chi connectivity index (χ2v) is 5.70. The first-order chi connectivity index (χ1) is 9.19. The minimum atomic E-state index is 0.565. The lowest BCUT2D eigenvalue weighted by Crippen LogP contribution is -1.91. The molecule has 0 aromatic heterocycles. The monoisotopic (exact) mass is 290 g/mol. The van der Waals surface area contributed by atoms with Gasteiger partial charge in [0.15, 0.2) is 0 Å². The number of aldehydes is 1. The molecule has 1 aliphatic rings. The summed E-state index contributed by atoms with van der Waals surface area (Å²) in [6, 6.07) is 11.4. The summed E-state index contributed by atoms with van der Waals surface area (Å²) in [6.45, 7) is 0. The highest BCUT2D eigenvalue weighted by atomic mass is 35.5. The zero-order valence-corrected chi connectivity index (χ0v) is 11.7. The lowest BCUT2D eigenvalue weighted by Gasteiger charge is -2.09. The van der Waals surface area contributed by atoms with Crippen molar-refractivity contribution in [3.63, 3.8) is 0 Å². The molecule has 3 rings (SSSR count). The molecular weight excluding hydrogens is 279 g/mol. The number of rotatable bonds is 3. The molecule has 0 amide bonds. The minimum Gasteiger partial charge on any atom is -0.298 e. The van der Waals surface area contributed by atoms with Crippen LogP contribution in [0.25, 0.3) is 11.1 Å². The fourth-order valence-corrected chi connectivity index (χ4v) is 2.85. The predicted molar refractivity (Wildman–Crippen MR) is 79.3 cm³/mol. The molecule has 3 heteroatoms. The van der Waals surface area contributed by atoms with Gasteiger partial charge in [0.2, 0.25) is 0 Å². The van der Waals surface area contributed by atoms with Gasteiger partial charge in [0.05, 0.1) is 0 Å². The Morgan fingerprint density at radius 1 is 1.05 bits per heavy atom. The Hall–Kier alpha value is -1.31. The van der Waals surface area contributed by atoms with Crippen LogP contribution in [0, 0.1) is 0 Å². The van der Waals surface area contributed by atoms with E-state index in [1.807, 2.05) is 24.3 Å². The van der Waals surface area contributed by atoms with Gasteiger partial charge < -0.3 is 0 Å². The second-order valence-electron chi connectivity index (χ2n) is 4.86. The number of carbonyl (C=O) groups excluding carboxylic acids is 1. The Balaban J connectivity index is 2.07.